The van der Waals surface area contributed by atoms with Crippen LogP contribution >= 0.6 is 0 Å². The van der Waals surface area contributed by atoms with Crippen LogP contribution in [0.2, 0.25) is 0 Å². The molecule has 2 amide bonds. The molecule has 1 heterocycles. The fraction of sp³-hybridized carbons (Fsp3) is 0.800. The monoisotopic (exact) mass is 213 g/mol. The molecule has 1 aliphatic heterocycles. The van der Waals surface area contributed by atoms with Gasteiger partial charge in [-0.1, -0.05) is 0 Å². The minimum Gasteiger partial charge on any atom is -0.355 e. The third-order valence-electron chi connectivity index (χ3n) is 2.64. The molecule has 0 aromatic heterocycles. The summed E-state index contributed by atoms with van der Waals surface area (Å²) in [6, 6.07) is 0. The van der Waals surface area contributed by atoms with Crippen LogP contribution in [0.25, 0.3) is 0 Å². The van der Waals surface area contributed by atoms with Gasteiger partial charge in [0.25, 0.3) is 0 Å². The van der Waals surface area contributed by atoms with E-state index in [0.29, 0.717) is 26.1 Å². The van der Waals surface area contributed by atoms with Crippen LogP contribution in [-0.2, 0) is 9.59 Å². The number of hydrogen-bond acceptors (Lipinski definition) is 3. The van der Waals surface area contributed by atoms with Gasteiger partial charge in [-0.05, 0) is 14.0 Å². The lowest BCUT2D eigenvalue weighted by atomic mass is 10.1. The summed E-state index contributed by atoms with van der Waals surface area (Å²) in [5.74, 6) is -0.0740. The molecule has 1 atom stereocenters. The lowest BCUT2D eigenvalue weighted by Crippen LogP contribution is -2.36. The number of likely N-dealkylation sites (N-methyl/N-ethyl adjacent to an activating group) is 1. The molecule has 0 saturated carbocycles. The number of hydrogen-bond donors (Lipinski definition) is 2. The molecule has 1 rings (SSSR count). The van der Waals surface area contributed by atoms with Crippen LogP contribution in [-0.4, -0.2) is 49.9 Å². The molecule has 1 aliphatic rings. The highest BCUT2D eigenvalue weighted by Gasteiger charge is 2.32. The maximum atomic E-state index is 11.6. The summed E-state index contributed by atoms with van der Waals surface area (Å²) in [5.41, 5.74) is 0. The zero-order valence-corrected chi connectivity index (χ0v) is 9.38. The van der Waals surface area contributed by atoms with Gasteiger partial charge in [-0.2, -0.15) is 0 Å². The van der Waals surface area contributed by atoms with Crippen molar-refractivity contribution >= 4 is 11.8 Å². The molecule has 0 radical (unpaired) electrons. The Hall–Kier alpha value is -1.10. The van der Waals surface area contributed by atoms with Gasteiger partial charge in [-0.3, -0.25) is 9.59 Å². The van der Waals surface area contributed by atoms with E-state index in [1.165, 1.54) is 0 Å². The van der Waals surface area contributed by atoms with Crippen molar-refractivity contribution in [2.75, 3.05) is 33.2 Å². The third-order valence-corrected chi connectivity index (χ3v) is 2.64. The summed E-state index contributed by atoms with van der Waals surface area (Å²) in [6.07, 6.45) is 0.360. The first kappa shape index (κ1) is 12.0. The number of carbonyl (C=O) groups is 2. The first-order valence-corrected chi connectivity index (χ1v) is 5.39. The molecule has 0 aromatic rings. The number of carbonyl (C=O) groups excluding carboxylic acids is 2. The molecule has 15 heavy (non-hydrogen) atoms. The number of nitrogens with zero attached hydrogens (tertiary/aromatic N) is 1. The van der Waals surface area contributed by atoms with E-state index in [9.17, 15) is 9.59 Å². The van der Waals surface area contributed by atoms with Crippen molar-refractivity contribution in [2.24, 2.45) is 5.92 Å². The van der Waals surface area contributed by atoms with E-state index in [1.54, 1.807) is 4.90 Å². The van der Waals surface area contributed by atoms with Crippen LogP contribution in [0.3, 0.4) is 0 Å². The second-order valence-corrected chi connectivity index (χ2v) is 3.73. The van der Waals surface area contributed by atoms with Crippen LogP contribution in [0, 0.1) is 5.92 Å². The first-order valence-electron chi connectivity index (χ1n) is 5.39. The van der Waals surface area contributed by atoms with Crippen LogP contribution in [0.15, 0.2) is 0 Å². The topological polar surface area (TPSA) is 61.4 Å². The predicted octanol–water partition coefficient (Wildman–Crippen LogP) is -0.810. The van der Waals surface area contributed by atoms with E-state index in [1.807, 2.05) is 14.0 Å². The van der Waals surface area contributed by atoms with Crippen molar-refractivity contribution in [2.45, 2.75) is 13.3 Å². The SMILES string of the molecule is CCN1CC(C(=O)NCCNC)CC1=O. The zero-order chi connectivity index (χ0) is 11.3. The van der Waals surface area contributed by atoms with E-state index in [0.717, 1.165) is 6.54 Å². The molecule has 5 nitrogen and oxygen atoms in total. The fourth-order valence-electron chi connectivity index (χ4n) is 1.71. The van der Waals surface area contributed by atoms with E-state index in [2.05, 4.69) is 10.6 Å². The minimum absolute atomic E-state index is 0.00505. The standard InChI is InChI=1S/C10H19N3O2/c1-3-13-7-8(6-9(13)14)10(15)12-5-4-11-2/h8,11H,3-7H2,1-2H3,(H,12,15). The van der Waals surface area contributed by atoms with E-state index in [4.69, 9.17) is 0 Å². The lowest BCUT2D eigenvalue weighted by Gasteiger charge is -2.13. The highest BCUT2D eigenvalue weighted by atomic mass is 16.2. The van der Waals surface area contributed by atoms with E-state index >= 15 is 0 Å². The quantitative estimate of drug-likeness (QED) is 0.587. The van der Waals surface area contributed by atoms with E-state index in [-0.39, 0.29) is 17.7 Å². The second-order valence-electron chi connectivity index (χ2n) is 3.73. The van der Waals surface area contributed by atoms with Gasteiger partial charge in [0.2, 0.25) is 11.8 Å². The van der Waals surface area contributed by atoms with Crippen molar-refractivity contribution in [3.8, 4) is 0 Å². The summed E-state index contributed by atoms with van der Waals surface area (Å²) < 4.78 is 0. The van der Waals surface area contributed by atoms with Crippen LogP contribution < -0.4 is 10.6 Å². The van der Waals surface area contributed by atoms with Gasteiger partial charge in [0.15, 0.2) is 0 Å². The highest BCUT2D eigenvalue weighted by Crippen LogP contribution is 2.16. The number of amides is 2. The molecule has 0 aliphatic carbocycles. The Kier molecular flexibility index (Phi) is 4.55. The minimum atomic E-state index is -0.158. The maximum absolute atomic E-state index is 11.6. The maximum Gasteiger partial charge on any atom is 0.225 e. The Balaban J connectivity index is 2.32. The molecule has 0 spiro atoms. The molecular weight excluding hydrogens is 194 g/mol. The van der Waals surface area contributed by atoms with Crippen LogP contribution in [0.1, 0.15) is 13.3 Å². The molecule has 1 unspecified atom stereocenters. The Bertz CT molecular complexity index is 243. The van der Waals surface area contributed by atoms with Crippen molar-refractivity contribution < 1.29 is 9.59 Å². The normalized spacial score (nSPS) is 20.8. The highest BCUT2D eigenvalue weighted by molar-refractivity contribution is 5.89. The predicted molar refractivity (Wildman–Crippen MR) is 57.3 cm³/mol. The molecule has 0 aromatic carbocycles. The van der Waals surface area contributed by atoms with Gasteiger partial charge in [-0.15, -0.1) is 0 Å². The Morgan fingerprint density at radius 3 is 2.80 bits per heavy atom. The molecule has 5 heteroatoms. The smallest absolute Gasteiger partial charge is 0.225 e. The van der Waals surface area contributed by atoms with Crippen molar-refractivity contribution in [3.05, 3.63) is 0 Å². The number of likely N-dealkylation sites (tertiary alicyclic amines) is 1. The molecular formula is C10H19N3O2. The van der Waals surface area contributed by atoms with Crippen molar-refractivity contribution in [3.63, 3.8) is 0 Å². The van der Waals surface area contributed by atoms with Gasteiger partial charge in [-0.25, -0.2) is 0 Å². The average molecular weight is 213 g/mol. The molecule has 1 fully saturated rings. The van der Waals surface area contributed by atoms with Crippen molar-refractivity contribution in [1.82, 2.24) is 15.5 Å². The second kappa shape index (κ2) is 5.70. The van der Waals surface area contributed by atoms with Crippen molar-refractivity contribution in [1.29, 1.82) is 0 Å². The lowest BCUT2D eigenvalue weighted by molar-refractivity contribution is -0.128. The molecule has 86 valence electrons. The summed E-state index contributed by atoms with van der Waals surface area (Å²) in [5, 5.41) is 5.76. The summed E-state index contributed by atoms with van der Waals surface area (Å²) in [7, 11) is 1.84. The number of nitrogens with one attached hydrogen (secondary N) is 2. The van der Waals surface area contributed by atoms with E-state index < -0.39 is 0 Å². The molecule has 0 bridgehead atoms. The van der Waals surface area contributed by atoms with Gasteiger partial charge in [0.05, 0.1) is 5.92 Å². The van der Waals surface area contributed by atoms with Gasteiger partial charge >= 0.3 is 0 Å². The first-order chi connectivity index (χ1) is 7.19. The largest absolute Gasteiger partial charge is 0.355 e. The molecule has 1 saturated heterocycles. The Morgan fingerprint density at radius 1 is 1.53 bits per heavy atom. The average Bonchev–Trinajstić information content (AvgIpc) is 2.60. The van der Waals surface area contributed by atoms with Crippen LogP contribution in [0.4, 0.5) is 0 Å². The Morgan fingerprint density at radius 2 is 2.27 bits per heavy atom. The third kappa shape index (κ3) is 3.20. The summed E-state index contributed by atoms with van der Waals surface area (Å²) in [6.45, 7) is 4.56. The number of rotatable bonds is 5. The van der Waals surface area contributed by atoms with Crippen LogP contribution in [0.5, 0.6) is 0 Å². The summed E-state index contributed by atoms with van der Waals surface area (Å²) >= 11 is 0. The zero-order valence-electron chi connectivity index (χ0n) is 9.38. The summed E-state index contributed by atoms with van der Waals surface area (Å²) in [4.78, 5) is 24.7. The van der Waals surface area contributed by atoms with Gasteiger partial charge < -0.3 is 15.5 Å². The fourth-order valence-corrected chi connectivity index (χ4v) is 1.71. The van der Waals surface area contributed by atoms with Gasteiger partial charge in [0, 0.05) is 32.6 Å². The molecule has 2 N–H and O–H groups in total. The Labute approximate surface area is 90.2 Å². The van der Waals surface area contributed by atoms with Gasteiger partial charge in [0.1, 0.15) is 0 Å².